The molecule has 2 aromatic rings. The molecule has 2 aromatic heterocycles. The monoisotopic (exact) mass is 314 g/mol. The lowest BCUT2D eigenvalue weighted by molar-refractivity contribution is 0.0936. The summed E-state index contributed by atoms with van der Waals surface area (Å²) in [7, 11) is 0. The smallest absolute Gasteiger partial charge is 0.262 e. The molecule has 2 aliphatic carbocycles. The molecule has 0 aromatic carbocycles. The number of aryl methyl sites for hydroxylation is 1. The normalized spacial score (nSPS) is 20.5. The lowest BCUT2D eigenvalue weighted by Crippen LogP contribution is -2.32. The van der Waals surface area contributed by atoms with Gasteiger partial charge in [0.1, 0.15) is 0 Å². The van der Waals surface area contributed by atoms with Crippen LogP contribution in [0.4, 0.5) is 0 Å². The fraction of sp³-hybridized carbons (Fsp3) is 0.412. The lowest BCUT2D eigenvalue weighted by Gasteiger charge is -2.25. The molecule has 4 nitrogen and oxygen atoms in total. The molecule has 2 heterocycles. The predicted molar refractivity (Wildman–Crippen MR) is 86.5 cm³/mol. The number of nitrogens with one attached hydrogen (secondary N) is 2. The fourth-order valence-electron chi connectivity index (χ4n) is 3.29. The van der Waals surface area contributed by atoms with E-state index in [0.29, 0.717) is 5.92 Å². The molecular weight excluding hydrogens is 296 g/mol. The summed E-state index contributed by atoms with van der Waals surface area (Å²) in [5, 5.41) is 5.18. The van der Waals surface area contributed by atoms with Crippen molar-refractivity contribution in [3.05, 3.63) is 55.6 Å². The highest BCUT2D eigenvalue weighted by Gasteiger charge is 2.30. The summed E-state index contributed by atoms with van der Waals surface area (Å²) in [6, 6.07) is 5.49. The molecule has 5 heteroatoms. The van der Waals surface area contributed by atoms with Crippen LogP contribution in [0.15, 0.2) is 28.4 Å². The highest BCUT2D eigenvalue weighted by atomic mass is 32.1. The zero-order valence-corrected chi connectivity index (χ0v) is 13.0. The number of amides is 1. The van der Waals surface area contributed by atoms with Gasteiger partial charge in [-0.1, -0.05) is 0 Å². The molecule has 1 saturated carbocycles. The molecular formula is C17H18N2O2S. The van der Waals surface area contributed by atoms with Crippen LogP contribution in [-0.4, -0.2) is 10.9 Å². The second kappa shape index (κ2) is 5.39. The number of carbonyl (C=O) groups excluding carboxylic acids is 1. The summed E-state index contributed by atoms with van der Waals surface area (Å²) in [6.45, 7) is 0. The highest BCUT2D eigenvalue weighted by Crippen LogP contribution is 2.43. The predicted octanol–water partition coefficient (Wildman–Crippen LogP) is 3.12. The third-order valence-electron chi connectivity index (χ3n) is 4.56. The van der Waals surface area contributed by atoms with E-state index >= 15 is 0 Å². The van der Waals surface area contributed by atoms with Crippen molar-refractivity contribution >= 4 is 17.2 Å². The summed E-state index contributed by atoms with van der Waals surface area (Å²) in [5.41, 5.74) is 3.17. The van der Waals surface area contributed by atoms with Gasteiger partial charge in [0.05, 0.1) is 10.9 Å². The summed E-state index contributed by atoms with van der Waals surface area (Å²) in [5.74, 6) is 0.614. The van der Waals surface area contributed by atoms with E-state index < -0.39 is 0 Å². The van der Waals surface area contributed by atoms with Gasteiger partial charge in [-0.05, 0) is 66.7 Å². The average Bonchev–Trinajstić information content (AvgIpc) is 3.24. The first kappa shape index (κ1) is 13.8. The van der Waals surface area contributed by atoms with Crippen LogP contribution in [-0.2, 0) is 6.42 Å². The first-order valence-corrected chi connectivity index (χ1v) is 8.70. The molecule has 22 heavy (non-hydrogen) atoms. The van der Waals surface area contributed by atoms with Gasteiger partial charge in [0.25, 0.3) is 5.91 Å². The van der Waals surface area contributed by atoms with E-state index in [0.717, 1.165) is 35.4 Å². The third-order valence-corrected chi connectivity index (χ3v) is 5.49. The molecule has 1 atom stereocenters. The van der Waals surface area contributed by atoms with Crippen molar-refractivity contribution in [2.24, 2.45) is 0 Å². The first-order chi connectivity index (χ1) is 10.7. The number of hydrogen-bond acceptors (Lipinski definition) is 3. The molecule has 4 rings (SSSR count). The van der Waals surface area contributed by atoms with Crippen molar-refractivity contribution in [1.29, 1.82) is 0 Å². The van der Waals surface area contributed by atoms with Gasteiger partial charge >= 0.3 is 0 Å². The second-order valence-corrected chi connectivity index (χ2v) is 7.07. The van der Waals surface area contributed by atoms with Gasteiger partial charge in [-0.2, -0.15) is 0 Å². The largest absolute Gasteiger partial charge is 0.344 e. The van der Waals surface area contributed by atoms with E-state index in [-0.39, 0.29) is 17.5 Å². The Morgan fingerprint density at radius 2 is 2.05 bits per heavy atom. The maximum Gasteiger partial charge on any atom is 0.262 e. The zero-order chi connectivity index (χ0) is 15.1. The minimum atomic E-state index is -0.0694. The average molecular weight is 314 g/mol. The van der Waals surface area contributed by atoms with Crippen LogP contribution < -0.4 is 10.9 Å². The van der Waals surface area contributed by atoms with Gasteiger partial charge in [-0.15, -0.1) is 11.3 Å². The maximum absolute atomic E-state index is 12.6. The van der Waals surface area contributed by atoms with Gasteiger partial charge in [0.2, 0.25) is 5.56 Å². The van der Waals surface area contributed by atoms with E-state index in [9.17, 15) is 9.59 Å². The van der Waals surface area contributed by atoms with Crippen molar-refractivity contribution in [3.63, 3.8) is 0 Å². The van der Waals surface area contributed by atoms with Gasteiger partial charge in [-0.3, -0.25) is 9.59 Å². The number of aromatic nitrogens is 1. The molecule has 0 unspecified atom stereocenters. The van der Waals surface area contributed by atoms with Crippen molar-refractivity contribution in [2.45, 2.75) is 44.1 Å². The van der Waals surface area contributed by atoms with Crippen LogP contribution >= 0.6 is 11.3 Å². The van der Waals surface area contributed by atoms with Gasteiger partial charge < -0.3 is 10.3 Å². The van der Waals surface area contributed by atoms with Gasteiger partial charge in [0, 0.05) is 11.8 Å². The van der Waals surface area contributed by atoms with Crippen LogP contribution in [0.2, 0.25) is 0 Å². The summed E-state index contributed by atoms with van der Waals surface area (Å²) >= 11 is 1.53. The molecule has 0 radical (unpaired) electrons. The molecule has 0 spiro atoms. The number of fused-ring (bicyclic) bond motifs is 1. The molecule has 2 N–H and O–H groups in total. The minimum absolute atomic E-state index is 0.00209. The van der Waals surface area contributed by atoms with Crippen molar-refractivity contribution in [1.82, 2.24) is 10.3 Å². The van der Waals surface area contributed by atoms with Crippen molar-refractivity contribution in [2.75, 3.05) is 0 Å². The lowest BCUT2D eigenvalue weighted by atomic mass is 9.91. The highest BCUT2D eigenvalue weighted by molar-refractivity contribution is 7.12. The van der Waals surface area contributed by atoms with Gasteiger partial charge in [0.15, 0.2) is 0 Å². The molecule has 0 bridgehead atoms. The van der Waals surface area contributed by atoms with E-state index in [2.05, 4.69) is 16.4 Å². The van der Waals surface area contributed by atoms with Crippen molar-refractivity contribution in [3.8, 4) is 0 Å². The van der Waals surface area contributed by atoms with E-state index in [4.69, 9.17) is 0 Å². The minimum Gasteiger partial charge on any atom is -0.344 e. The molecule has 1 fully saturated rings. The Bertz CT molecular complexity index is 773. The Morgan fingerprint density at radius 1 is 1.18 bits per heavy atom. The molecule has 1 amide bonds. The Hall–Kier alpha value is -1.88. The number of pyridine rings is 1. The van der Waals surface area contributed by atoms with E-state index in [1.807, 2.05) is 11.4 Å². The molecule has 0 saturated heterocycles. The first-order valence-electron chi connectivity index (χ1n) is 7.83. The number of carbonyl (C=O) groups is 1. The van der Waals surface area contributed by atoms with E-state index in [1.54, 1.807) is 6.07 Å². The third kappa shape index (κ3) is 2.50. The summed E-state index contributed by atoms with van der Waals surface area (Å²) in [6.07, 6.45) is 5.19. The molecule has 2 aliphatic rings. The Balaban J connectivity index is 1.58. The number of H-pyrrole nitrogens is 1. The van der Waals surface area contributed by atoms with Crippen LogP contribution in [0.25, 0.3) is 0 Å². The van der Waals surface area contributed by atoms with Crippen LogP contribution in [0.5, 0.6) is 0 Å². The maximum atomic E-state index is 12.6. The quantitative estimate of drug-likeness (QED) is 0.914. The van der Waals surface area contributed by atoms with Crippen molar-refractivity contribution < 1.29 is 4.79 Å². The summed E-state index contributed by atoms with van der Waals surface area (Å²) in [4.78, 5) is 27.8. The molecule has 114 valence electrons. The second-order valence-electron chi connectivity index (χ2n) is 6.15. The zero-order valence-electron chi connectivity index (χ0n) is 12.2. The molecule has 0 aliphatic heterocycles. The standard InChI is InChI=1S/C17H18N2O2S/c20-15-7-6-12-13(18-15)2-1-3-14(12)19-17(21)16-11(8-9-22-16)10-4-5-10/h6-10,14H,1-5H2,(H,18,20)(H,19,21)/t14-/m0/s1. The SMILES string of the molecule is O=C(N[C@H]1CCCc2[nH]c(=O)ccc21)c1sccc1C1CC1. The summed E-state index contributed by atoms with van der Waals surface area (Å²) < 4.78 is 0. The number of aromatic amines is 1. The Labute approximate surface area is 132 Å². The topological polar surface area (TPSA) is 62.0 Å². The number of thiophene rings is 1. The van der Waals surface area contributed by atoms with Gasteiger partial charge in [-0.25, -0.2) is 0 Å². The fourth-order valence-corrected chi connectivity index (χ4v) is 4.18. The van der Waals surface area contributed by atoms with E-state index in [1.165, 1.54) is 29.7 Å². The number of hydrogen-bond donors (Lipinski definition) is 2. The Kier molecular flexibility index (Phi) is 3.37. The van der Waals surface area contributed by atoms with Crippen LogP contribution in [0.3, 0.4) is 0 Å². The van der Waals surface area contributed by atoms with Crippen LogP contribution in [0.1, 0.15) is 64.1 Å². The number of rotatable bonds is 3. The van der Waals surface area contributed by atoms with Crippen LogP contribution in [0, 0.1) is 0 Å². The Morgan fingerprint density at radius 3 is 2.86 bits per heavy atom.